The van der Waals surface area contributed by atoms with Crippen molar-refractivity contribution in [3.63, 3.8) is 0 Å². The SMILES string of the molecule is Cc1c(OC2CCN(C(=O)Cc3ccccc3)CC2)ncnc1OC1CCN(S(C)=O)CC1. The number of benzene rings is 1. The summed E-state index contributed by atoms with van der Waals surface area (Å²) in [6.45, 7) is 4.79. The van der Waals surface area contributed by atoms with Crippen LogP contribution in [0.25, 0.3) is 0 Å². The van der Waals surface area contributed by atoms with Gasteiger partial charge in [0.25, 0.3) is 0 Å². The van der Waals surface area contributed by atoms with E-state index < -0.39 is 11.0 Å². The van der Waals surface area contributed by atoms with Crippen molar-refractivity contribution in [1.82, 2.24) is 19.2 Å². The van der Waals surface area contributed by atoms with E-state index in [1.165, 1.54) is 6.33 Å². The summed E-state index contributed by atoms with van der Waals surface area (Å²) in [5.41, 5.74) is 1.83. The molecule has 0 aliphatic carbocycles. The van der Waals surface area contributed by atoms with Crippen LogP contribution in [0.5, 0.6) is 11.8 Å². The number of nitrogens with zero attached hydrogens (tertiary/aromatic N) is 4. The molecule has 0 bridgehead atoms. The maximum absolute atomic E-state index is 12.6. The molecule has 1 aromatic carbocycles. The van der Waals surface area contributed by atoms with E-state index in [0.717, 1.165) is 49.9 Å². The smallest absolute Gasteiger partial charge is 0.226 e. The minimum absolute atomic E-state index is 0.00926. The average molecular weight is 473 g/mol. The van der Waals surface area contributed by atoms with Crippen LogP contribution in [0.4, 0.5) is 0 Å². The molecule has 1 aromatic heterocycles. The van der Waals surface area contributed by atoms with Crippen LogP contribution in [0.3, 0.4) is 0 Å². The fraction of sp³-hybridized carbons (Fsp3) is 0.542. The zero-order chi connectivity index (χ0) is 23.2. The average Bonchev–Trinajstić information content (AvgIpc) is 2.83. The normalized spacial score (nSPS) is 19.3. The molecule has 9 heteroatoms. The van der Waals surface area contributed by atoms with Crippen molar-refractivity contribution in [2.45, 2.75) is 51.2 Å². The highest BCUT2D eigenvalue weighted by molar-refractivity contribution is 7.81. The van der Waals surface area contributed by atoms with E-state index in [1.54, 1.807) is 6.26 Å². The van der Waals surface area contributed by atoms with Gasteiger partial charge in [-0.15, -0.1) is 0 Å². The lowest BCUT2D eigenvalue weighted by Crippen LogP contribution is -2.42. The highest BCUT2D eigenvalue weighted by atomic mass is 32.2. The summed E-state index contributed by atoms with van der Waals surface area (Å²) < 4.78 is 25.9. The molecule has 4 rings (SSSR count). The second-order valence-corrected chi connectivity index (χ2v) is 10.0. The van der Waals surface area contributed by atoms with Crippen molar-refractivity contribution in [3.8, 4) is 11.8 Å². The Morgan fingerprint density at radius 3 is 2.06 bits per heavy atom. The number of ether oxygens (including phenoxy) is 2. The Labute approximate surface area is 197 Å². The Kier molecular flexibility index (Phi) is 7.93. The fourth-order valence-electron chi connectivity index (χ4n) is 4.28. The molecule has 2 aliphatic heterocycles. The topological polar surface area (TPSA) is 84.9 Å². The molecule has 2 aliphatic rings. The van der Waals surface area contributed by atoms with Crippen LogP contribution in [-0.2, 0) is 22.2 Å². The Bertz CT molecular complexity index is 958. The Balaban J connectivity index is 1.28. The third-order valence-corrected chi connectivity index (χ3v) is 7.40. The monoisotopic (exact) mass is 472 g/mol. The van der Waals surface area contributed by atoms with Crippen molar-refractivity contribution in [1.29, 1.82) is 0 Å². The predicted octanol–water partition coefficient (Wildman–Crippen LogP) is 2.53. The third kappa shape index (κ3) is 6.29. The van der Waals surface area contributed by atoms with Crippen LogP contribution in [0.2, 0.25) is 0 Å². The van der Waals surface area contributed by atoms with Crippen LogP contribution in [0.15, 0.2) is 36.7 Å². The Morgan fingerprint density at radius 1 is 0.970 bits per heavy atom. The van der Waals surface area contributed by atoms with Gasteiger partial charge in [-0.3, -0.25) is 4.79 Å². The first-order valence-electron chi connectivity index (χ1n) is 11.5. The van der Waals surface area contributed by atoms with Crippen LogP contribution in [0.1, 0.15) is 36.8 Å². The van der Waals surface area contributed by atoms with Gasteiger partial charge in [0, 0.05) is 45.3 Å². The molecule has 0 spiro atoms. The van der Waals surface area contributed by atoms with E-state index in [9.17, 15) is 9.00 Å². The molecule has 8 nitrogen and oxygen atoms in total. The number of carbonyl (C=O) groups excluding carboxylic acids is 1. The molecule has 2 aromatic rings. The Hall–Kier alpha value is -2.52. The molecule has 33 heavy (non-hydrogen) atoms. The van der Waals surface area contributed by atoms with Crippen LogP contribution < -0.4 is 9.47 Å². The largest absolute Gasteiger partial charge is 0.474 e. The number of hydrogen-bond donors (Lipinski definition) is 0. The van der Waals surface area contributed by atoms with Gasteiger partial charge in [-0.25, -0.2) is 18.5 Å². The molecule has 178 valence electrons. The van der Waals surface area contributed by atoms with Gasteiger partial charge in [0.15, 0.2) is 0 Å². The summed E-state index contributed by atoms with van der Waals surface area (Å²) in [6, 6.07) is 9.85. The number of piperidine rings is 2. The molecule has 0 N–H and O–H groups in total. The second-order valence-electron chi connectivity index (χ2n) is 8.64. The van der Waals surface area contributed by atoms with Gasteiger partial charge in [0.2, 0.25) is 17.7 Å². The van der Waals surface area contributed by atoms with Gasteiger partial charge in [0.05, 0.1) is 23.0 Å². The van der Waals surface area contributed by atoms with Crippen molar-refractivity contribution in [3.05, 3.63) is 47.8 Å². The molecule has 3 heterocycles. The van der Waals surface area contributed by atoms with Crippen molar-refractivity contribution >= 4 is 16.9 Å². The van der Waals surface area contributed by atoms with Gasteiger partial charge >= 0.3 is 0 Å². The van der Waals surface area contributed by atoms with Gasteiger partial charge in [-0.05, 0) is 25.3 Å². The number of rotatable bonds is 7. The first-order chi connectivity index (χ1) is 16.0. The van der Waals surface area contributed by atoms with E-state index in [2.05, 4.69) is 9.97 Å². The number of hydrogen-bond acceptors (Lipinski definition) is 6. The fourth-order valence-corrected chi connectivity index (χ4v) is 5.01. The van der Waals surface area contributed by atoms with Gasteiger partial charge in [0.1, 0.15) is 18.5 Å². The molecule has 1 atom stereocenters. The molecule has 2 fully saturated rings. The van der Waals surface area contributed by atoms with E-state index in [-0.39, 0.29) is 18.1 Å². The third-order valence-electron chi connectivity index (χ3n) is 6.31. The van der Waals surface area contributed by atoms with Crippen LogP contribution >= 0.6 is 0 Å². The number of carbonyl (C=O) groups is 1. The van der Waals surface area contributed by atoms with Crippen LogP contribution in [-0.4, -0.2) is 73.9 Å². The standard InChI is InChI=1S/C24H32N4O4S/c1-18-23(25-17-26-24(18)32-21-10-14-28(15-11-21)33(2)30)31-20-8-12-27(13-9-20)22(29)16-19-6-4-3-5-7-19/h3-7,17,20-21H,8-16H2,1-2H3. The van der Waals surface area contributed by atoms with Gasteiger partial charge < -0.3 is 14.4 Å². The van der Waals surface area contributed by atoms with Gasteiger partial charge in [-0.1, -0.05) is 30.3 Å². The number of amides is 1. The molecule has 1 amide bonds. The van der Waals surface area contributed by atoms with Crippen molar-refractivity contribution in [2.75, 3.05) is 32.4 Å². The zero-order valence-corrected chi connectivity index (χ0v) is 20.1. The lowest BCUT2D eigenvalue weighted by molar-refractivity contribution is -0.132. The summed E-state index contributed by atoms with van der Waals surface area (Å²) >= 11 is 0. The van der Waals surface area contributed by atoms with Gasteiger partial charge in [-0.2, -0.15) is 0 Å². The van der Waals surface area contributed by atoms with Crippen molar-refractivity contribution < 1.29 is 18.5 Å². The Morgan fingerprint density at radius 2 is 1.52 bits per heavy atom. The second kappa shape index (κ2) is 11.1. The number of likely N-dealkylation sites (tertiary alicyclic amines) is 1. The van der Waals surface area contributed by atoms with E-state index in [4.69, 9.17) is 9.47 Å². The molecule has 0 saturated carbocycles. The summed E-state index contributed by atoms with van der Waals surface area (Å²) in [4.78, 5) is 23.2. The maximum atomic E-state index is 12.6. The van der Waals surface area contributed by atoms with E-state index in [1.807, 2.05) is 46.5 Å². The lowest BCUT2D eigenvalue weighted by atomic mass is 10.1. The molecule has 1 unspecified atom stereocenters. The molecular formula is C24H32N4O4S. The van der Waals surface area contributed by atoms with E-state index >= 15 is 0 Å². The first-order valence-corrected chi connectivity index (χ1v) is 13.1. The molecular weight excluding hydrogens is 440 g/mol. The number of aromatic nitrogens is 2. The van der Waals surface area contributed by atoms with Crippen LogP contribution in [0, 0.1) is 6.92 Å². The highest BCUT2D eigenvalue weighted by Gasteiger charge is 2.27. The summed E-state index contributed by atoms with van der Waals surface area (Å²) in [6.07, 6.45) is 6.85. The summed E-state index contributed by atoms with van der Waals surface area (Å²) in [7, 11) is -0.935. The van der Waals surface area contributed by atoms with E-state index in [0.29, 0.717) is 31.3 Å². The predicted molar refractivity (Wildman–Crippen MR) is 126 cm³/mol. The minimum atomic E-state index is -0.935. The quantitative estimate of drug-likeness (QED) is 0.616. The summed E-state index contributed by atoms with van der Waals surface area (Å²) in [5, 5.41) is 0. The summed E-state index contributed by atoms with van der Waals surface area (Å²) in [5.74, 6) is 1.25. The lowest BCUT2D eigenvalue weighted by Gasteiger charge is -2.32. The maximum Gasteiger partial charge on any atom is 0.226 e. The van der Waals surface area contributed by atoms with Crippen molar-refractivity contribution in [2.24, 2.45) is 0 Å². The highest BCUT2D eigenvalue weighted by Crippen LogP contribution is 2.28. The molecule has 0 radical (unpaired) electrons. The zero-order valence-electron chi connectivity index (χ0n) is 19.3. The minimum Gasteiger partial charge on any atom is -0.474 e. The first kappa shape index (κ1) is 23.6. The molecule has 2 saturated heterocycles.